The summed E-state index contributed by atoms with van der Waals surface area (Å²) in [6.45, 7) is 0.915. The van der Waals surface area contributed by atoms with E-state index in [9.17, 15) is 14.0 Å². The first-order valence-electron chi connectivity index (χ1n) is 9.16. The monoisotopic (exact) mass is 394 g/mol. The molecule has 0 saturated carbocycles. The Balaban J connectivity index is 1.59. The number of pyridine rings is 1. The van der Waals surface area contributed by atoms with E-state index in [1.807, 2.05) is 6.07 Å². The number of hydrogen-bond donors (Lipinski definition) is 2. The molecule has 2 heterocycles. The van der Waals surface area contributed by atoms with E-state index in [0.717, 1.165) is 23.1 Å². The van der Waals surface area contributed by atoms with E-state index >= 15 is 0 Å². The fourth-order valence-corrected chi connectivity index (χ4v) is 3.56. The second-order valence-corrected chi connectivity index (χ2v) is 6.95. The Bertz CT molecular complexity index is 1090. The molecule has 1 atom stereocenters. The van der Waals surface area contributed by atoms with Gasteiger partial charge in [-0.05, 0) is 47.0 Å². The van der Waals surface area contributed by atoms with E-state index in [1.165, 1.54) is 12.1 Å². The Morgan fingerprint density at radius 2 is 1.79 bits per heavy atom. The highest BCUT2D eigenvalue weighted by atomic mass is 19.1. The van der Waals surface area contributed by atoms with Crippen molar-refractivity contribution in [3.8, 4) is 0 Å². The quantitative estimate of drug-likeness (QED) is 0.515. The molecule has 7 heteroatoms. The number of halogens is 1. The molecule has 1 fully saturated rings. The fourth-order valence-electron chi connectivity index (χ4n) is 3.56. The van der Waals surface area contributed by atoms with Gasteiger partial charge < -0.3 is 9.30 Å². The van der Waals surface area contributed by atoms with Crippen LogP contribution in [0, 0.1) is 5.82 Å². The predicted octanol–water partition coefficient (Wildman–Crippen LogP) is 2.82. The van der Waals surface area contributed by atoms with Crippen molar-refractivity contribution < 1.29 is 19.1 Å². The van der Waals surface area contributed by atoms with Gasteiger partial charge in [-0.15, -0.1) is 0 Å². The van der Waals surface area contributed by atoms with E-state index in [1.54, 1.807) is 58.7 Å². The summed E-state index contributed by atoms with van der Waals surface area (Å²) in [5, 5.41) is 8.67. The van der Waals surface area contributed by atoms with Crippen LogP contribution in [0.15, 0.2) is 71.7 Å². The summed E-state index contributed by atoms with van der Waals surface area (Å²) >= 11 is 0. The second-order valence-electron chi connectivity index (χ2n) is 6.95. The lowest BCUT2D eigenvalue weighted by Crippen LogP contribution is -2.42. The molecule has 0 radical (unpaired) electrons. The Morgan fingerprint density at radius 1 is 1.10 bits per heavy atom. The Morgan fingerprint density at radius 3 is 2.34 bits per heavy atom. The molecule has 1 aromatic heterocycles. The molecule has 0 aliphatic carbocycles. The molecule has 1 saturated heterocycles. The molecular weight excluding hydrogens is 375 g/mol. The van der Waals surface area contributed by atoms with Gasteiger partial charge in [0, 0.05) is 24.2 Å². The number of carbonyl (C=O) groups is 1. The van der Waals surface area contributed by atoms with Gasteiger partial charge in [-0.25, -0.2) is 9.87 Å². The average molecular weight is 394 g/mol. The van der Waals surface area contributed by atoms with Crippen LogP contribution in [0.25, 0.3) is 0 Å². The molecule has 29 heavy (non-hydrogen) atoms. The maximum absolute atomic E-state index is 13.3. The number of aromatic nitrogens is 1. The van der Waals surface area contributed by atoms with Gasteiger partial charge in [-0.1, -0.05) is 24.3 Å². The molecule has 4 rings (SSSR count). The topological polar surface area (TPSA) is 80.6 Å². The standard InChI is InChI=1S/C22H19FN2O4/c23-19-7-5-17(6-8-19)22(10-12-29-22)18-9-11-25(20(26)13-18)14-15-1-3-16(4-2-15)21(27)24-28/h1-9,11,13,28H,10,12,14H2,(H,24,27). The molecule has 2 aromatic carbocycles. The number of rotatable bonds is 5. The highest BCUT2D eigenvalue weighted by Crippen LogP contribution is 2.43. The van der Waals surface area contributed by atoms with Gasteiger partial charge in [0.1, 0.15) is 11.4 Å². The molecule has 2 N–H and O–H groups in total. The van der Waals surface area contributed by atoms with Gasteiger partial charge in [0.05, 0.1) is 13.2 Å². The van der Waals surface area contributed by atoms with Crippen molar-refractivity contribution in [3.05, 3.63) is 105 Å². The molecular formula is C22H19FN2O4. The number of amides is 1. The maximum atomic E-state index is 13.3. The number of nitrogens with zero attached hydrogens (tertiary/aromatic N) is 1. The number of hydroxylamine groups is 1. The number of nitrogens with one attached hydrogen (secondary N) is 1. The molecule has 6 nitrogen and oxygen atoms in total. The molecule has 0 spiro atoms. The highest BCUT2D eigenvalue weighted by Gasteiger charge is 2.42. The normalized spacial score (nSPS) is 18.1. The van der Waals surface area contributed by atoms with E-state index < -0.39 is 11.5 Å². The van der Waals surface area contributed by atoms with Crippen LogP contribution in [0.2, 0.25) is 0 Å². The van der Waals surface area contributed by atoms with Crippen LogP contribution in [-0.4, -0.2) is 22.3 Å². The van der Waals surface area contributed by atoms with Crippen LogP contribution in [0.3, 0.4) is 0 Å². The number of benzene rings is 2. The van der Waals surface area contributed by atoms with Crippen LogP contribution < -0.4 is 11.0 Å². The maximum Gasteiger partial charge on any atom is 0.274 e. The number of carbonyl (C=O) groups excluding carboxylic acids is 1. The van der Waals surface area contributed by atoms with Crippen molar-refractivity contribution >= 4 is 5.91 Å². The van der Waals surface area contributed by atoms with Gasteiger partial charge in [-0.3, -0.25) is 14.8 Å². The number of hydrogen-bond acceptors (Lipinski definition) is 4. The van der Waals surface area contributed by atoms with Gasteiger partial charge in [0.25, 0.3) is 11.5 Å². The van der Waals surface area contributed by atoms with Crippen molar-refractivity contribution in [2.24, 2.45) is 0 Å². The molecule has 3 aromatic rings. The summed E-state index contributed by atoms with van der Waals surface area (Å²) in [4.78, 5) is 24.1. The third-order valence-corrected chi connectivity index (χ3v) is 5.25. The minimum Gasteiger partial charge on any atom is -0.365 e. The van der Waals surface area contributed by atoms with Crippen LogP contribution in [-0.2, 0) is 16.9 Å². The van der Waals surface area contributed by atoms with Crippen molar-refractivity contribution in [1.82, 2.24) is 10.0 Å². The van der Waals surface area contributed by atoms with Crippen LogP contribution >= 0.6 is 0 Å². The smallest absolute Gasteiger partial charge is 0.274 e. The van der Waals surface area contributed by atoms with Crippen LogP contribution in [0.4, 0.5) is 4.39 Å². The van der Waals surface area contributed by atoms with Crippen molar-refractivity contribution in [2.45, 2.75) is 18.6 Å². The zero-order chi connectivity index (χ0) is 20.4. The van der Waals surface area contributed by atoms with Crippen molar-refractivity contribution in [1.29, 1.82) is 0 Å². The third kappa shape index (κ3) is 3.57. The van der Waals surface area contributed by atoms with Gasteiger partial charge >= 0.3 is 0 Å². The fraction of sp³-hybridized carbons (Fsp3) is 0.182. The first kappa shape index (κ1) is 19.0. The first-order valence-corrected chi connectivity index (χ1v) is 9.16. The zero-order valence-corrected chi connectivity index (χ0v) is 15.5. The van der Waals surface area contributed by atoms with Crippen molar-refractivity contribution in [2.75, 3.05) is 6.61 Å². The van der Waals surface area contributed by atoms with E-state index in [2.05, 4.69) is 0 Å². The van der Waals surface area contributed by atoms with Crippen molar-refractivity contribution in [3.63, 3.8) is 0 Å². The van der Waals surface area contributed by atoms with Gasteiger partial charge in [0.15, 0.2) is 0 Å². The van der Waals surface area contributed by atoms with Crippen LogP contribution in [0.5, 0.6) is 0 Å². The zero-order valence-electron chi connectivity index (χ0n) is 15.5. The summed E-state index contributed by atoms with van der Waals surface area (Å²) in [5.41, 5.74) is 3.40. The highest BCUT2D eigenvalue weighted by molar-refractivity contribution is 5.93. The second kappa shape index (κ2) is 7.62. The van der Waals surface area contributed by atoms with Crippen LogP contribution in [0.1, 0.15) is 33.5 Å². The summed E-state index contributed by atoms with van der Waals surface area (Å²) < 4.78 is 20.7. The molecule has 1 unspecified atom stereocenters. The summed E-state index contributed by atoms with van der Waals surface area (Å²) in [6.07, 6.45) is 2.43. The average Bonchev–Trinajstić information content (AvgIpc) is 2.70. The molecule has 1 aliphatic rings. The minimum atomic E-state index is -0.717. The Labute approximate surface area is 166 Å². The third-order valence-electron chi connectivity index (χ3n) is 5.25. The predicted molar refractivity (Wildman–Crippen MR) is 103 cm³/mol. The van der Waals surface area contributed by atoms with Gasteiger partial charge in [0.2, 0.25) is 0 Å². The summed E-state index contributed by atoms with van der Waals surface area (Å²) in [6, 6.07) is 16.1. The van der Waals surface area contributed by atoms with Gasteiger partial charge in [-0.2, -0.15) is 0 Å². The molecule has 0 bridgehead atoms. The molecule has 148 valence electrons. The van der Waals surface area contributed by atoms with E-state index in [-0.39, 0.29) is 11.4 Å². The summed E-state index contributed by atoms with van der Waals surface area (Å²) in [7, 11) is 0. The Kier molecular flexibility index (Phi) is 5.00. The molecule has 1 aliphatic heterocycles. The SMILES string of the molecule is O=C(NO)c1ccc(Cn2ccc(C3(c4ccc(F)cc4)CCO3)cc2=O)cc1. The Hall–Kier alpha value is -3.29. The first-order chi connectivity index (χ1) is 14.0. The summed E-state index contributed by atoms with van der Waals surface area (Å²) in [5.74, 6) is -0.911. The molecule has 1 amide bonds. The van der Waals surface area contributed by atoms with E-state index in [4.69, 9.17) is 9.94 Å². The number of ether oxygens (including phenoxy) is 1. The largest absolute Gasteiger partial charge is 0.365 e. The minimum absolute atomic E-state index is 0.184. The lowest BCUT2D eigenvalue weighted by molar-refractivity contribution is -0.123. The lowest BCUT2D eigenvalue weighted by Gasteiger charge is -2.42. The van der Waals surface area contributed by atoms with E-state index in [0.29, 0.717) is 18.7 Å². The lowest BCUT2D eigenvalue weighted by atomic mass is 9.80.